The Morgan fingerprint density at radius 1 is 1.60 bits per heavy atom. The van der Waals surface area contributed by atoms with Gasteiger partial charge in [0.2, 0.25) is 0 Å². The maximum absolute atomic E-state index is 13.6. The van der Waals surface area contributed by atoms with Gasteiger partial charge in [0, 0.05) is 23.7 Å². The molecule has 1 N–H and O–H groups in total. The fraction of sp³-hybridized carbons (Fsp3) is 0.273. The Morgan fingerprint density at radius 2 is 2.33 bits per heavy atom. The summed E-state index contributed by atoms with van der Waals surface area (Å²) in [4.78, 5) is 0. The molecule has 0 aliphatic carbocycles. The maximum atomic E-state index is 13.6. The van der Waals surface area contributed by atoms with E-state index in [0.717, 1.165) is 0 Å². The van der Waals surface area contributed by atoms with E-state index in [1.807, 2.05) is 0 Å². The minimum Gasteiger partial charge on any atom is -0.494 e. The number of hydrogen-bond donors (Lipinski definition) is 1. The van der Waals surface area contributed by atoms with Crippen LogP contribution in [-0.2, 0) is 6.54 Å². The lowest BCUT2D eigenvalue weighted by molar-refractivity contribution is 0.383. The van der Waals surface area contributed by atoms with E-state index in [1.54, 1.807) is 18.2 Å². The Morgan fingerprint density at radius 3 is 2.93 bits per heavy atom. The summed E-state index contributed by atoms with van der Waals surface area (Å²) in [6, 6.07) is 5.02. The quantitative estimate of drug-likeness (QED) is 0.838. The first-order chi connectivity index (χ1) is 7.15. The lowest BCUT2D eigenvalue weighted by Gasteiger charge is -2.07. The van der Waals surface area contributed by atoms with Gasteiger partial charge in [-0.25, -0.2) is 4.39 Å². The van der Waals surface area contributed by atoms with E-state index in [-0.39, 0.29) is 11.6 Å². The summed E-state index contributed by atoms with van der Waals surface area (Å²) in [7, 11) is 1.44. The number of rotatable bonds is 5. The first-order valence-electron chi connectivity index (χ1n) is 4.50. The fourth-order valence-corrected chi connectivity index (χ4v) is 1.28. The smallest absolute Gasteiger partial charge is 0.169 e. The zero-order chi connectivity index (χ0) is 11.3. The van der Waals surface area contributed by atoms with E-state index in [4.69, 9.17) is 16.3 Å². The molecule has 1 rings (SSSR count). The average Bonchev–Trinajstić information content (AvgIpc) is 2.20. The number of benzene rings is 1. The highest BCUT2D eigenvalue weighted by atomic mass is 35.5. The molecule has 0 aromatic heterocycles. The highest BCUT2D eigenvalue weighted by molar-refractivity contribution is 6.29. The van der Waals surface area contributed by atoms with Crippen molar-refractivity contribution in [2.45, 2.75) is 6.54 Å². The van der Waals surface area contributed by atoms with Crippen molar-refractivity contribution in [1.29, 1.82) is 0 Å². The standard InChI is InChI=1S/C11H13ClFNO/c1-8(12)6-14-7-9-4-3-5-10(15-2)11(9)13/h3-5,14H,1,6-7H2,2H3. The summed E-state index contributed by atoms with van der Waals surface area (Å²) in [6.07, 6.45) is 0. The molecule has 1 aromatic rings. The summed E-state index contributed by atoms with van der Waals surface area (Å²) in [6.45, 7) is 4.38. The third kappa shape index (κ3) is 3.53. The lowest BCUT2D eigenvalue weighted by Crippen LogP contribution is -2.15. The monoisotopic (exact) mass is 229 g/mol. The van der Waals surface area contributed by atoms with Crippen molar-refractivity contribution < 1.29 is 9.13 Å². The van der Waals surface area contributed by atoms with Gasteiger partial charge >= 0.3 is 0 Å². The Balaban J connectivity index is 2.64. The second-order valence-corrected chi connectivity index (χ2v) is 3.59. The average molecular weight is 230 g/mol. The van der Waals surface area contributed by atoms with Crippen LogP contribution >= 0.6 is 11.6 Å². The molecule has 0 spiro atoms. The third-order valence-corrected chi connectivity index (χ3v) is 2.03. The second kappa shape index (κ2) is 5.73. The van der Waals surface area contributed by atoms with Crippen molar-refractivity contribution in [3.8, 4) is 5.75 Å². The van der Waals surface area contributed by atoms with Crippen LogP contribution in [0.5, 0.6) is 5.75 Å². The van der Waals surface area contributed by atoms with E-state index in [0.29, 0.717) is 23.7 Å². The maximum Gasteiger partial charge on any atom is 0.169 e. The summed E-state index contributed by atoms with van der Waals surface area (Å²) in [5.41, 5.74) is 0.548. The van der Waals surface area contributed by atoms with Crippen LogP contribution in [0, 0.1) is 5.82 Å². The molecule has 0 radical (unpaired) electrons. The van der Waals surface area contributed by atoms with Gasteiger partial charge in [-0.3, -0.25) is 0 Å². The molecule has 0 heterocycles. The van der Waals surface area contributed by atoms with Gasteiger partial charge in [0.25, 0.3) is 0 Å². The molecule has 4 heteroatoms. The first kappa shape index (κ1) is 12.0. The van der Waals surface area contributed by atoms with E-state index in [2.05, 4.69) is 11.9 Å². The van der Waals surface area contributed by atoms with Crippen molar-refractivity contribution >= 4 is 11.6 Å². The Bertz CT molecular complexity index is 354. The highest BCUT2D eigenvalue weighted by Crippen LogP contribution is 2.19. The number of ether oxygens (including phenoxy) is 1. The van der Waals surface area contributed by atoms with E-state index < -0.39 is 0 Å². The largest absolute Gasteiger partial charge is 0.494 e. The normalized spacial score (nSPS) is 10.1. The minimum absolute atomic E-state index is 0.249. The van der Waals surface area contributed by atoms with Crippen LogP contribution in [0.15, 0.2) is 29.8 Å². The van der Waals surface area contributed by atoms with Gasteiger partial charge in [-0.05, 0) is 6.07 Å². The molecule has 0 bridgehead atoms. The second-order valence-electron chi connectivity index (χ2n) is 3.05. The molecular formula is C11H13ClFNO. The van der Waals surface area contributed by atoms with Crippen molar-refractivity contribution in [2.75, 3.05) is 13.7 Å². The van der Waals surface area contributed by atoms with Crippen LogP contribution in [-0.4, -0.2) is 13.7 Å². The minimum atomic E-state index is -0.340. The highest BCUT2D eigenvalue weighted by Gasteiger charge is 2.07. The molecule has 0 amide bonds. The SMILES string of the molecule is C=C(Cl)CNCc1cccc(OC)c1F. The molecule has 0 saturated heterocycles. The predicted octanol–water partition coefficient (Wildman–Crippen LogP) is 2.68. The molecule has 0 atom stereocenters. The Labute approximate surface area is 93.7 Å². The lowest BCUT2D eigenvalue weighted by atomic mass is 10.2. The van der Waals surface area contributed by atoms with Gasteiger partial charge in [-0.15, -0.1) is 0 Å². The van der Waals surface area contributed by atoms with Gasteiger partial charge < -0.3 is 10.1 Å². The Hall–Kier alpha value is -1.06. The van der Waals surface area contributed by atoms with Gasteiger partial charge in [0.05, 0.1) is 7.11 Å². The van der Waals surface area contributed by atoms with Gasteiger partial charge in [0.1, 0.15) is 0 Å². The van der Waals surface area contributed by atoms with Crippen molar-refractivity contribution in [1.82, 2.24) is 5.32 Å². The molecule has 1 aromatic carbocycles. The van der Waals surface area contributed by atoms with Crippen LogP contribution in [0.4, 0.5) is 4.39 Å². The van der Waals surface area contributed by atoms with Gasteiger partial charge in [0.15, 0.2) is 11.6 Å². The molecule has 15 heavy (non-hydrogen) atoms. The number of methoxy groups -OCH3 is 1. The number of nitrogens with one attached hydrogen (secondary N) is 1. The fourth-order valence-electron chi connectivity index (χ4n) is 1.18. The molecular weight excluding hydrogens is 217 g/mol. The molecule has 0 aliphatic heterocycles. The van der Waals surface area contributed by atoms with E-state index in [9.17, 15) is 4.39 Å². The van der Waals surface area contributed by atoms with Crippen LogP contribution in [0.1, 0.15) is 5.56 Å². The molecule has 0 aliphatic rings. The molecule has 2 nitrogen and oxygen atoms in total. The van der Waals surface area contributed by atoms with Crippen LogP contribution in [0.3, 0.4) is 0 Å². The van der Waals surface area contributed by atoms with Gasteiger partial charge in [-0.1, -0.05) is 30.3 Å². The summed E-state index contributed by atoms with van der Waals surface area (Å²) in [5, 5.41) is 3.46. The zero-order valence-electron chi connectivity index (χ0n) is 8.52. The van der Waals surface area contributed by atoms with Crippen LogP contribution in [0.2, 0.25) is 0 Å². The van der Waals surface area contributed by atoms with Gasteiger partial charge in [-0.2, -0.15) is 0 Å². The van der Waals surface area contributed by atoms with Crippen LogP contribution in [0.25, 0.3) is 0 Å². The van der Waals surface area contributed by atoms with Crippen molar-refractivity contribution in [2.24, 2.45) is 0 Å². The summed E-state index contributed by atoms with van der Waals surface area (Å²) in [5.74, 6) is -0.0910. The predicted molar refractivity (Wildman–Crippen MR) is 59.7 cm³/mol. The Kier molecular flexibility index (Phi) is 4.59. The molecule has 0 unspecified atom stereocenters. The number of hydrogen-bond acceptors (Lipinski definition) is 2. The summed E-state index contributed by atoms with van der Waals surface area (Å²) < 4.78 is 18.4. The van der Waals surface area contributed by atoms with Crippen molar-refractivity contribution in [3.63, 3.8) is 0 Å². The van der Waals surface area contributed by atoms with E-state index >= 15 is 0 Å². The molecule has 82 valence electrons. The molecule has 0 saturated carbocycles. The topological polar surface area (TPSA) is 21.3 Å². The zero-order valence-corrected chi connectivity index (χ0v) is 9.27. The van der Waals surface area contributed by atoms with Crippen molar-refractivity contribution in [3.05, 3.63) is 41.2 Å². The number of halogens is 2. The van der Waals surface area contributed by atoms with Crippen LogP contribution < -0.4 is 10.1 Å². The molecule has 0 fully saturated rings. The van der Waals surface area contributed by atoms with E-state index in [1.165, 1.54) is 7.11 Å². The first-order valence-corrected chi connectivity index (χ1v) is 4.88. The summed E-state index contributed by atoms with van der Waals surface area (Å²) >= 11 is 5.57. The third-order valence-electron chi connectivity index (χ3n) is 1.90.